The molecule has 0 atom stereocenters. The fourth-order valence-corrected chi connectivity index (χ4v) is 1.65. The number of hydrogen-bond donors (Lipinski definition) is 0. The van der Waals surface area contributed by atoms with Crippen molar-refractivity contribution in [1.29, 1.82) is 0 Å². The molecule has 92 valence electrons. The topological polar surface area (TPSA) is 17.1 Å². The Bertz CT molecular complexity index is 600. The largest absolute Gasteiger partial charge is 0.288 e. The summed E-state index contributed by atoms with van der Waals surface area (Å²) in [6.45, 7) is 1.65. The number of carbonyl (C=O) groups is 1. The van der Waals surface area contributed by atoms with Crippen LogP contribution in [0, 0.1) is 24.4 Å². The van der Waals surface area contributed by atoms with Gasteiger partial charge in [-0.2, -0.15) is 0 Å². The summed E-state index contributed by atoms with van der Waals surface area (Å²) in [6.07, 6.45) is 0. The van der Waals surface area contributed by atoms with E-state index in [0.717, 1.165) is 24.3 Å². The summed E-state index contributed by atoms with van der Waals surface area (Å²) in [5.41, 5.74) is -0.456. The molecule has 2 rings (SSSR count). The van der Waals surface area contributed by atoms with Crippen molar-refractivity contribution in [2.45, 2.75) is 6.92 Å². The molecule has 0 fully saturated rings. The molecular weight excluding hydrogens is 241 g/mol. The lowest BCUT2D eigenvalue weighted by Gasteiger charge is -2.05. The molecule has 0 saturated carbocycles. The van der Waals surface area contributed by atoms with Crippen LogP contribution in [0.1, 0.15) is 21.5 Å². The van der Waals surface area contributed by atoms with Gasteiger partial charge in [0.1, 0.15) is 17.5 Å². The van der Waals surface area contributed by atoms with Gasteiger partial charge in [0.05, 0.1) is 11.1 Å². The van der Waals surface area contributed by atoms with E-state index in [4.69, 9.17) is 0 Å². The Morgan fingerprint density at radius 3 is 2.11 bits per heavy atom. The smallest absolute Gasteiger partial charge is 0.201 e. The molecule has 0 saturated heterocycles. The van der Waals surface area contributed by atoms with Crippen molar-refractivity contribution in [1.82, 2.24) is 0 Å². The molecule has 2 aromatic rings. The third-order valence-corrected chi connectivity index (χ3v) is 2.56. The van der Waals surface area contributed by atoms with Crippen LogP contribution in [0.2, 0.25) is 0 Å². The quantitative estimate of drug-likeness (QED) is 0.743. The van der Waals surface area contributed by atoms with Crippen molar-refractivity contribution in [3.63, 3.8) is 0 Å². The minimum absolute atomic E-state index is 0.343. The van der Waals surface area contributed by atoms with Crippen LogP contribution in [0.3, 0.4) is 0 Å². The SMILES string of the molecule is Cc1ccc(C(=O)c2c(F)cccc2F)c(F)c1. The predicted molar refractivity (Wildman–Crippen MR) is 60.9 cm³/mol. The zero-order chi connectivity index (χ0) is 13.3. The number of benzene rings is 2. The van der Waals surface area contributed by atoms with Gasteiger partial charge >= 0.3 is 0 Å². The lowest BCUT2D eigenvalue weighted by molar-refractivity contribution is 0.102. The zero-order valence-corrected chi connectivity index (χ0v) is 9.51. The molecule has 0 N–H and O–H groups in total. The number of rotatable bonds is 2. The summed E-state index contributed by atoms with van der Waals surface area (Å²) < 4.78 is 40.4. The molecule has 2 aromatic carbocycles. The molecule has 0 aliphatic heterocycles. The van der Waals surface area contributed by atoms with E-state index in [-0.39, 0.29) is 5.56 Å². The average molecular weight is 250 g/mol. The highest BCUT2D eigenvalue weighted by Gasteiger charge is 2.21. The molecule has 4 heteroatoms. The van der Waals surface area contributed by atoms with Crippen LogP contribution in [0.4, 0.5) is 13.2 Å². The maximum Gasteiger partial charge on any atom is 0.201 e. The van der Waals surface area contributed by atoms with Crippen LogP contribution >= 0.6 is 0 Å². The Balaban J connectivity index is 2.55. The Labute approximate surface area is 102 Å². The summed E-state index contributed by atoms with van der Waals surface area (Å²) >= 11 is 0. The van der Waals surface area contributed by atoms with Crippen LogP contribution in [0.15, 0.2) is 36.4 Å². The molecule has 18 heavy (non-hydrogen) atoms. The summed E-state index contributed by atoms with van der Waals surface area (Å²) in [4.78, 5) is 11.9. The molecule has 0 amide bonds. The second-order valence-corrected chi connectivity index (χ2v) is 3.91. The highest BCUT2D eigenvalue weighted by molar-refractivity contribution is 6.09. The first-order chi connectivity index (χ1) is 8.50. The molecule has 0 heterocycles. The number of carbonyl (C=O) groups excluding carboxylic acids is 1. The molecule has 0 aliphatic carbocycles. The monoisotopic (exact) mass is 250 g/mol. The third-order valence-electron chi connectivity index (χ3n) is 2.56. The van der Waals surface area contributed by atoms with Crippen molar-refractivity contribution in [3.8, 4) is 0 Å². The van der Waals surface area contributed by atoms with Crippen LogP contribution in [0.5, 0.6) is 0 Å². The lowest BCUT2D eigenvalue weighted by Crippen LogP contribution is -2.09. The molecule has 0 bridgehead atoms. The summed E-state index contributed by atoms with van der Waals surface area (Å²) in [5.74, 6) is -3.79. The summed E-state index contributed by atoms with van der Waals surface area (Å²) in [7, 11) is 0. The van der Waals surface area contributed by atoms with Crippen molar-refractivity contribution in [3.05, 3.63) is 70.5 Å². The van der Waals surface area contributed by atoms with E-state index < -0.39 is 28.8 Å². The van der Waals surface area contributed by atoms with Gasteiger partial charge in [-0.3, -0.25) is 4.79 Å². The van der Waals surface area contributed by atoms with Crippen molar-refractivity contribution in [2.24, 2.45) is 0 Å². The highest BCUT2D eigenvalue weighted by Crippen LogP contribution is 2.19. The summed E-state index contributed by atoms with van der Waals surface area (Å²) in [5, 5.41) is 0. The molecule has 0 spiro atoms. The van der Waals surface area contributed by atoms with Crippen molar-refractivity contribution >= 4 is 5.78 Å². The predicted octanol–water partition coefficient (Wildman–Crippen LogP) is 3.64. The van der Waals surface area contributed by atoms with Gasteiger partial charge in [0, 0.05) is 0 Å². The Morgan fingerprint density at radius 2 is 1.56 bits per heavy atom. The molecule has 0 unspecified atom stereocenters. The van der Waals surface area contributed by atoms with Gasteiger partial charge in [0.15, 0.2) is 0 Å². The van der Waals surface area contributed by atoms with Crippen LogP contribution in [-0.2, 0) is 0 Å². The van der Waals surface area contributed by atoms with Gasteiger partial charge in [0.2, 0.25) is 5.78 Å². The highest BCUT2D eigenvalue weighted by atomic mass is 19.1. The molecule has 0 radical (unpaired) electrons. The van der Waals surface area contributed by atoms with E-state index >= 15 is 0 Å². The van der Waals surface area contributed by atoms with E-state index in [1.807, 2.05) is 0 Å². The fourth-order valence-electron chi connectivity index (χ4n) is 1.65. The van der Waals surface area contributed by atoms with Crippen LogP contribution < -0.4 is 0 Å². The number of hydrogen-bond acceptors (Lipinski definition) is 1. The first-order valence-corrected chi connectivity index (χ1v) is 5.25. The molecule has 1 nitrogen and oxygen atoms in total. The maximum absolute atomic E-state index is 13.6. The summed E-state index contributed by atoms with van der Waals surface area (Å²) in [6, 6.07) is 6.94. The zero-order valence-electron chi connectivity index (χ0n) is 9.51. The van der Waals surface area contributed by atoms with Crippen molar-refractivity contribution < 1.29 is 18.0 Å². The second-order valence-electron chi connectivity index (χ2n) is 3.91. The number of halogens is 3. The Hall–Kier alpha value is -2.10. The van der Waals surface area contributed by atoms with E-state index in [0.29, 0.717) is 5.56 Å². The minimum atomic E-state index is -1.00. The first kappa shape index (κ1) is 12.4. The van der Waals surface area contributed by atoms with Crippen LogP contribution in [-0.4, -0.2) is 5.78 Å². The maximum atomic E-state index is 13.6. The molecule has 0 aromatic heterocycles. The fraction of sp³-hybridized carbons (Fsp3) is 0.0714. The Morgan fingerprint density at radius 1 is 0.944 bits per heavy atom. The molecule has 0 aliphatic rings. The van der Waals surface area contributed by atoms with E-state index in [1.54, 1.807) is 6.92 Å². The Kier molecular flexibility index (Phi) is 3.19. The van der Waals surface area contributed by atoms with Gasteiger partial charge < -0.3 is 0 Å². The van der Waals surface area contributed by atoms with Gasteiger partial charge in [-0.15, -0.1) is 0 Å². The first-order valence-electron chi connectivity index (χ1n) is 5.25. The van der Waals surface area contributed by atoms with Gasteiger partial charge in [0.25, 0.3) is 0 Å². The molecular formula is C14H9F3O. The van der Waals surface area contributed by atoms with Gasteiger partial charge in [-0.05, 0) is 36.8 Å². The average Bonchev–Trinajstić information content (AvgIpc) is 2.28. The third kappa shape index (κ3) is 2.14. The van der Waals surface area contributed by atoms with Gasteiger partial charge in [-0.25, -0.2) is 13.2 Å². The van der Waals surface area contributed by atoms with E-state index in [9.17, 15) is 18.0 Å². The van der Waals surface area contributed by atoms with Crippen molar-refractivity contribution in [2.75, 3.05) is 0 Å². The number of ketones is 1. The van der Waals surface area contributed by atoms with E-state index in [2.05, 4.69) is 0 Å². The van der Waals surface area contributed by atoms with E-state index in [1.165, 1.54) is 12.1 Å². The van der Waals surface area contributed by atoms with Gasteiger partial charge in [-0.1, -0.05) is 12.1 Å². The second kappa shape index (κ2) is 4.64. The lowest BCUT2D eigenvalue weighted by atomic mass is 10.0. The standard InChI is InChI=1S/C14H9F3O/c1-8-5-6-9(12(17)7-8)14(18)13-10(15)3-2-4-11(13)16/h2-7H,1H3. The van der Waals surface area contributed by atoms with Crippen LogP contribution in [0.25, 0.3) is 0 Å². The minimum Gasteiger partial charge on any atom is -0.288 e. The number of aryl methyl sites for hydroxylation is 1. The normalized spacial score (nSPS) is 10.4.